The average molecular weight is 302 g/mol. The smallest absolute Gasteiger partial charge is 0.308 e. The van der Waals surface area contributed by atoms with Gasteiger partial charge >= 0.3 is 6.03 Å². The number of nitrogens with one attached hydrogen (secondary N) is 2. The van der Waals surface area contributed by atoms with Gasteiger partial charge < -0.3 is 10.6 Å². The van der Waals surface area contributed by atoms with Crippen LogP contribution in [0, 0.1) is 20.2 Å². The highest BCUT2D eigenvalue weighted by Gasteiger charge is 2.08. The van der Waals surface area contributed by atoms with Crippen LogP contribution in [-0.4, -0.2) is 15.9 Å². The van der Waals surface area contributed by atoms with Crippen molar-refractivity contribution < 1.29 is 14.6 Å². The van der Waals surface area contributed by atoms with Gasteiger partial charge in [0.05, 0.1) is 9.85 Å². The molecule has 2 N–H and O–H groups in total. The van der Waals surface area contributed by atoms with Crippen molar-refractivity contribution in [2.75, 3.05) is 10.6 Å². The van der Waals surface area contributed by atoms with Gasteiger partial charge in [0.15, 0.2) is 0 Å². The molecule has 0 saturated heterocycles. The van der Waals surface area contributed by atoms with E-state index < -0.39 is 15.9 Å². The lowest BCUT2D eigenvalue weighted by Gasteiger charge is -2.07. The summed E-state index contributed by atoms with van der Waals surface area (Å²) in [5.41, 5.74) is 0.595. The van der Waals surface area contributed by atoms with Gasteiger partial charge in [0.25, 0.3) is 11.4 Å². The van der Waals surface area contributed by atoms with Crippen molar-refractivity contribution in [1.82, 2.24) is 0 Å². The molecule has 9 heteroatoms. The lowest BCUT2D eigenvalue weighted by Crippen LogP contribution is -2.19. The molecule has 0 unspecified atom stereocenters. The first-order valence-electron chi connectivity index (χ1n) is 6.02. The quantitative estimate of drug-likeness (QED) is 0.662. The average Bonchev–Trinajstić information content (AvgIpc) is 2.48. The third kappa shape index (κ3) is 3.76. The molecule has 22 heavy (non-hydrogen) atoms. The highest BCUT2D eigenvalue weighted by atomic mass is 16.6. The van der Waals surface area contributed by atoms with Gasteiger partial charge in [-0.2, -0.15) is 0 Å². The predicted octanol–water partition coefficient (Wildman–Crippen LogP) is 3.15. The second-order valence-corrected chi connectivity index (χ2v) is 4.19. The first-order chi connectivity index (χ1) is 10.5. The fraction of sp³-hybridized carbons (Fsp3) is 0. The molecule has 0 aliphatic rings. The molecule has 0 saturated carbocycles. The minimum absolute atomic E-state index is 0.0821. The monoisotopic (exact) mass is 302 g/mol. The predicted molar refractivity (Wildman–Crippen MR) is 78.8 cm³/mol. The van der Waals surface area contributed by atoms with E-state index in [1.807, 2.05) is 0 Å². The first-order valence-corrected chi connectivity index (χ1v) is 6.02. The number of rotatable bonds is 4. The van der Waals surface area contributed by atoms with Crippen molar-refractivity contribution in [1.29, 1.82) is 0 Å². The summed E-state index contributed by atoms with van der Waals surface area (Å²) < 4.78 is 0. The van der Waals surface area contributed by atoms with Crippen LogP contribution in [0.2, 0.25) is 0 Å². The summed E-state index contributed by atoms with van der Waals surface area (Å²) in [5, 5.41) is 26.0. The molecule has 2 amide bonds. The molecule has 0 radical (unpaired) electrons. The van der Waals surface area contributed by atoms with Gasteiger partial charge in [-0.05, 0) is 24.3 Å². The van der Waals surface area contributed by atoms with E-state index in [1.165, 1.54) is 48.5 Å². The first kappa shape index (κ1) is 14.9. The molecule has 0 heterocycles. The molecule has 0 bridgehead atoms. The van der Waals surface area contributed by atoms with E-state index in [-0.39, 0.29) is 11.4 Å². The summed E-state index contributed by atoms with van der Waals surface area (Å²) in [6.07, 6.45) is 0. The molecule has 112 valence electrons. The molecular formula is C13H10N4O5. The van der Waals surface area contributed by atoms with Gasteiger partial charge in [0.2, 0.25) is 0 Å². The Labute approximate surface area is 123 Å². The van der Waals surface area contributed by atoms with Crippen LogP contribution in [0.15, 0.2) is 48.5 Å². The van der Waals surface area contributed by atoms with Crippen molar-refractivity contribution in [2.45, 2.75) is 0 Å². The Morgan fingerprint density at radius 1 is 0.727 bits per heavy atom. The number of nitro benzene ring substituents is 2. The van der Waals surface area contributed by atoms with Crippen LogP contribution in [0.1, 0.15) is 0 Å². The van der Waals surface area contributed by atoms with E-state index in [2.05, 4.69) is 10.6 Å². The number of carbonyl (C=O) groups is 1. The van der Waals surface area contributed by atoms with Crippen molar-refractivity contribution >= 4 is 28.8 Å². The van der Waals surface area contributed by atoms with Crippen molar-refractivity contribution in [3.05, 3.63) is 68.8 Å². The van der Waals surface area contributed by atoms with Crippen molar-refractivity contribution in [3.63, 3.8) is 0 Å². The zero-order valence-electron chi connectivity index (χ0n) is 11.1. The largest absolute Gasteiger partial charge is 0.323 e. The van der Waals surface area contributed by atoms with Crippen LogP contribution in [-0.2, 0) is 0 Å². The van der Waals surface area contributed by atoms with Crippen LogP contribution in [0.25, 0.3) is 0 Å². The maximum absolute atomic E-state index is 11.7. The molecule has 0 spiro atoms. The third-order valence-corrected chi connectivity index (χ3v) is 2.67. The topological polar surface area (TPSA) is 127 Å². The van der Waals surface area contributed by atoms with Crippen LogP contribution in [0.4, 0.5) is 27.5 Å². The van der Waals surface area contributed by atoms with E-state index in [0.29, 0.717) is 11.4 Å². The van der Waals surface area contributed by atoms with Crippen LogP contribution >= 0.6 is 0 Å². The molecule has 9 nitrogen and oxygen atoms in total. The number of benzene rings is 2. The van der Waals surface area contributed by atoms with E-state index in [4.69, 9.17) is 0 Å². The Morgan fingerprint density at radius 2 is 1.05 bits per heavy atom. The van der Waals surface area contributed by atoms with Gasteiger partial charge in [-0.15, -0.1) is 0 Å². The SMILES string of the molecule is O=C(Nc1ccc([N+](=O)[O-])cc1)Nc1ccc([N+](=O)[O-])cc1. The second kappa shape index (κ2) is 6.31. The Morgan fingerprint density at radius 3 is 1.32 bits per heavy atom. The number of urea groups is 1. The summed E-state index contributed by atoms with van der Waals surface area (Å²) in [6, 6.07) is 10.1. The van der Waals surface area contributed by atoms with Gasteiger partial charge in [-0.25, -0.2) is 4.79 Å². The minimum Gasteiger partial charge on any atom is -0.308 e. The number of hydrogen-bond donors (Lipinski definition) is 2. The summed E-state index contributed by atoms with van der Waals surface area (Å²) in [6.45, 7) is 0. The summed E-state index contributed by atoms with van der Waals surface area (Å²) in [5.74, 6) is 0. The van der Waals surface area contributed by atoms with Gasteiger partial charge in [0.1, 0.15) is 0 Å². The van der Waals surface area contributed by atoms with E-state index in [0.717, 1.165) is 0 Å². The Balaban J connectivity index is 1.97. The highest BCUT2D eigenvalue weighted by molar-refractivity contribution is 5.99. The van der Waals surface area contributed by atoms with Crippen molar-refractivity contribution in [3.8, 4) is 0 Å². The van der Waals surface area contributed by atoms with Gasteiger partial charge in [-0.3, -0.25) is 20.2 Å². The summed E-state index contributed by atoms with van der Waals surface area (Å²) in [7, 11) is 0. The molecule has 0 aromatic heterocycles. The minimum atomic E-state index is -0.567. The summed E-state index contributed by atoms with van der Waals surface area (Å²) >= 11 is 0. The normalized spacial score (nSPS) is 9.82. The Kier molecular flexibility index (Phi) is 4.27. The molecular weight excluding hydrogens is 292 g/mol. The number of carbonyl (C=O) groups excluding carboxylic acids is 1. The fourth-order valence-corrected chi connectivity index (χ4v) is 1.63. The highest BCUT2D eigenvalue weighted by Crippen LogP contribution is 2.17. The number of nitrogens with zero attached hydrogens (tertiary/aromatic N) is 2. The van der Waals surface area contributed by atoms with Crippen LogP contribution < -0.4 is 10.6 Å². The van der Waals surface area contributed by atoms with Crippen LogP contribution in [0.3, 0.4) is 0 Å². The number of non-ortho nitro benzene ring substituents is 2. The van der Waals surface area contributed by atoms with E-state index >= 15 is 0 Å². The third-order valence-electron chi connectivity index (χ3n) is 2.67. The number of anilines is 2. The number of nitro groups is 2. The second-order valence-electron chi connectivity index (χ2n) is 4.19. The maximum atomic E-state index is 11.7. The zero-order chi connectivity index (χ0) is 16.1. The summed E-state index contributed by atoms with van der Waals surface area (Å²) in [4.78, 5) is 31.7. The number of hydrogen-bond acceptors (Lipinski definition) is 5. The zero-order valence-corrected chi connectivity index (χ0v) is 11.1. The fourth-order valence-electron chi connectivity index (χ4n) is 1.63. The molecule has 2 aromatic rings. The Bertz CT molecular complexity index is 651. The van der Waals surface area contributed by atoms with Gasteiger partial charge in [0, 0.05) is 35.6 Å². The van der Waals surface area contributed by atoms with E-state index in [9.17, 15) is 25.0 Å². The molecule has 2 rings (SSSR count). The molecule has 0 fully saturated rings. The number of amides is 2. The molecule has 0 aliphatic carbocycles. The lowest BCUT2D eigenvalue weighted by molar-refractivity contribution is -0.385. The van der Waals surface area contributed by atoms with Crippen LogP contribution in [0.5, 0.6) is 0 Å². The van der Waals surface area contributed by atoms with E-state index in [1.54, 1.807) is 0 Å². The molecule has 0 aliphatic heterocycles. The standard InChI is InChI=1S/C13H10N4O5/c18-13(14-9-1-5-11(6-2-9)16(19)20)15-10-3-7-12(8-4-10)17(21)22/h1-8H,(H2,14,15,18). The van der Waals surface area contributed by atoms with Crippen molar-refractivity contribution in [2.24, 2.45) is 0 Å². The Hall–Kier alpha value is -3.49. The molecule has 2 aromatic carbocycles. The van der Waals surface area contributed by atoms with Gasteiger partial charge in [-0.1, -0.05) is 0 Å². The molecule has 0 atom stereocenters. The maximum Gasteiger partial charge on any atom is 0.323 e. The lowest BCUT2D eigenvalue weighted by atomic mass is 10.3.